The first-order valence-electron chi connectivity index (χ1n) is 13.5. The van der Waals surface area contributed by atoms with Crippen molar-refractivity contribution in [1.29, 1.82) is 0 Å². The number of rotatable bonds is 9. The minimum absolute atomic E-state index is 0.0148. The summed E-state index contributed by atoms with van der Waals surface area (Å²) in [5.41, 5.74) is 2.47. The molecule has 0 saturated heterocycles. The highest BCUT2D eigenvalue weighted by Gasteiger charge is 2.36. The van der Waals surface area contributed by atoms with Gasteiger partial charge in [0.2, 0.25) is 0 Å². The number of fused-ring (bicyclic) bond motifs is 1. The van der Waals surface area contributed by atoms with Gasteiger partial charge in [-0.2, -0.15) is 0 Å². The average Bonchev–Trinajstić information content (AvgIpc) is 3.57. The molecule has 42 heavy (non-hydrogen) atoms. The second-order valence-electron chi connectivity index (χ2n) is 9.64. The van der Waals surface area contributed by atoms with Crippen LogP contribution >= 0.6 is 22.9 Å². The van der Waals surface area contributed by atoms with E-state index < -0.39 is 12.0 Å². The summed E-state index contributed by atoms with van der Waals surface area (Å²) in [6.45, 7) is 5.42. The predicted octanol–water partition coefficient (Wildman–Crippen LogP) is 5.70. The van der Waals surface area contributed by atoms with Crippen molar-refractivity contribution in [2.24, 2.45) is 4.99 Å². The molecule has 0 saturated carbocycles. The number of benzene rings is 2. The topological polar surface area (TPSA) is 100 Å². The van der Waals surface area contributed by atoms with Gasteiger partial charge in [0, 0.05) is 27.8 Å². The van der Waals surface area contributed by atoms with Crippen LogP contribution in [0.5, 0.6) is 5.75 Å². The fourth-order valence-corrected chi connectivity index (χ4v) is 6.10. The number of esters is 1. The van der Waals surface area contributed by atoms with Crippen molar-refractivity contribution in [2.75, 3.05) is 13.7 Å². The number of halogens is 1. The third kappa shape index (κ3) is 5.62. The monoisotopic (exact) mass is 604 g/mol. The van der Waals surface area contributed by atoms with Gasteiger partial charge < -0.3 is 13.9 Å². The van der Waals surface area contributed by atoms with Crippen LogP contribution < -0.4 is 19.6 Å². The number of hydrogen-bond acceptors (Lipinski definition) is 8. The van der Waals surface area contributed by atoms with Gasteiger partial charge in [-0.25, -0.2) is 9.79 Å². The Labute approximate surface area is 251 Å². The molecule has 3 heterocycles. The van der Waals surface area contributed by atoms with E-state index in [-0.39, 0.29) is 23.5 Å². The number of nitrogens with zero attached hydrogens (tertiary/aromatic N) is 2. The summed E-state index contributed by atoms with van der Waals surface area (Å²) >= 11 is 7.61. The number of carbonyl (C=O) groups is 2. The number of ketones is 1. The maximum Gasteiger partial charge on any atom is 0.338 e. The summed E-state index contributed by atoms with van der Waals surface area (Å²) in [6, 6.07) is 15.0. The van der Waals surface area contributed by atoms with Crippen LogP contribution in [0, 0.1) is 0 Å². The molecule has 1 atom stereocenters. The summed E-state index contributed by atoms with van der Waals surface area (Å²) in [7, 11) is 1.53. The second kappa shape index (κ2) is 12.3. The van der Waals surface area contributed by atoms with Crippen LogP contribution in [0.2, 0.25) is 5.02 Å². The lowest BCUT2D eigenvalue weighted by Gasteiger charge is -2.27. The van der Waals surface area contributed by atoms with E-state index in [4.69, 9.17) is 30.5 Å². The van der Waals surface area contributed by atoms with Gasteiger partial charge in [-0.3, -0.25) is 14.2 Å². The number of allylic oxidation sites excluding steroid dienone is 1. The Morgan fingerprint density at radius 3 is 2.55 bits per heavy atom. The summed E-state index contributed by atoms with van der Waals surface area (Å²) in [6.07, 6.45) is 2.91. The van der Waals surface area contributed by atoms with Crippen LogP contribution in [0.1, 0.15) is 61.3 Å². The Morgan fingerprint density at radius 2 is 1.88 bits per heavy atom. The summed E-state index contributed by atoms with van der Waals surface area (Å²) in [5, 5.41) is 0.435. The van der Waals surface area contributed by atoms with Crippen molar-refractivity contribution in [2.45, 2.75) is 39.7 Å². The van der Waals surface area contributed by atoms with Crippen LogP contribution in [0.15, 0.2) is 80.1 Å². The molecule has 1 aliphatic heterocycles. The molecule has 0 unspecified atom stereocenters. The standard InChI is InChI=1S/C32H29ClN2O6S/c1-5-7-24-28(31(38)40-6-2)29(23-16-21(33)12-14-26(23)39-4)35-30(37)27(42-32(35)34-24)17-22-13-15-25(41-22)20-10-8-19(9-11-20)18(3)36/h8-17,29H,5-7H2,1-4H3/b27-17+/t29-/m1/s1. The predicted molar refractivity (Wildman–Crippen MR) is 162 cm³/mol. The van der Waals surface area contributed by atoms with Crippen LogP contribution in [0.25, 0.3) is 17.4 Å². The van der Waals surface area contributed by atoms with Crippen LogP contribution in [0.3, 0.4) is 0 Å². The highest BCUT2D eigenvalue weighted by Crippen LogP contribution is 2.38. The molecule has 5 rings (SSSR count). The van der Waals surface area contributed by atoms with Crippen molar-refractivity contribution in [3.8, 4) is 17.1 Å². The van der Waals surface area contributed by atoms with Gasteiger partial charge in [0.1, 0.15) is 23.3 Å². The number of carbonyl (C=O) groups excluding carboxylic acids is 2. The van der Waals surface area contributed by atoms with Crippen molar-refractivity contribution in [1.82, 2.24) is 4.57 Å². The molecule has 8 nitrogen and oxygen atoms in total. The molecule has 2 aromatic heterocycles. The van der Waals surface area contributed by atoms with Crippen molar-refractivity contribution >= 4 is 40.8 Å². The van der Waals surface area contributed by atoms with Crippen molar-refractivity contribution in [3.05, 3.63) is 107 Å². The quantitative estimate of drug-likeness (QED) is 0.179. The van der Waals surface area contributed by atoms with Gasteiger partial charge in [-0.05, 0) is 50.6 Å². The van der Waals surface area contributed by atoms with E-state index in [1.54, 1.807) is 49.4 Å². The molecule has 1 aliphatic rings. The Hall–Kier alpha value is -4.21. The van der Waals surface area contributed by atoms with E-state index >= 15 is 0 Å². The third-order valence-electron chi connectivity index (χ3n) is 6.85. The zero-order valence-electron chi connectivity index (χ0n) is 23.6. The minimum atomic E-state index is -0.857. The number of aromatic nitrogens is 1. The van der Waals surface area contributed by atoms with E-state index in [9.17, 15) is 14.4 Å². The summed E-state index contributed by atoms with van der Waals surface area (Å²) < 4.78 is 19.0. The van der Waals surface area contributed by atoms with Crippen LogP contribution in [-0.4, -0.2) is 30.0 Å². The molecular weight excluding hydrogens is 576 g/mol. The largest absolute Gasteiger partial charge is 0.496 e. The van der Waals surface area contributed by atoms with Gasteiger partial charge in [0.05, 0.1) is 29.5 Å². The normalized spacial score (nSPS) is 14.9. The smallest absolute Gasteiger partial charge is 0.338 e. The molecular formula is C32H29ClN2O6S. The van der Waals surface area contributed by atoms with E-state index in [0.717, 1.165) is 12.0 Å². The Morgan fingerprint density at radius 1 is 1.12 bits per heavy atom. The van der Waals surface area contributed by atoms with Crippen molar-refractivity contribution in [3.63, 3.8) is 0 Å². The number of furan rings is 1. The van der Waals surface area contributed by atoms with E-state index in [0.29, 0.717) is 54.9 Å². The van der Waals surface area contributed by atoms with E-state index in [1.807, 2.05) is 25.1 Å². The molecule has 0 amide bonds. The third-order valence-corrected chi connectivity index (χ3v) is 8.07. The first-order chi connectivity index (χ1) is 20.2. The maximum atomic E-state index is 14.0. The zero-order chi connectivity index (χ0) is 30.0. The average molecular weight is 605 g/mol. The molecule has 0 fully saturated rings. The Kier molecular flexibility index (Phi) is 8.61. The molecule has 4 aromatic rings. The fourth-order valence-electron chi connectivity index (χ4n) is 4.92. The molecule has 216 valence electrons. The van der Waals surface area contributed by atoms with Gasteiger partial charge >= 0.3 is 5.97 Å². The highest BCUT2D eigenvalue weighted by molar-refractivity contribution is 7.07. The number of methoxy groups -OCH3 is 1. The molecule has 0 bridgehead atoms. The number of hydrogen-bond donors (Lipinski definition) is 0. The lowest BCUT2D eigenvalue weighted by molar-refractivity contribution is -0.139. The van der Waals surface area contributed by atoms with Crippen molar-refractivity contribution < 1.29 is 23.5 Å². The zero-order valence-corrected chi connectivity index (χ0v) is 25.2. The van der Waals surface area contributed by atoms with E-state index in [1.165, 1.54) is 29.9 Å². The first-order valence-corrected chi connectivity index (χ1v) is 14.7. The van der Waals surface area contributed by atoms with E-state index in [2.05, 4.69) is 0 Å². The lowest BCUT2D eigenvalue weighted by atomic mass is 9.93. The Balaban J connectivity index is 1.67. The molecule has 10 heteroatoms. The molecule has 0 N–H and O–H groups in total. The second-order valence-corrected chi connectivity index (χ2v) is 11.1. The summed E-state index contributed by atoms with van der Waals surface area (Å²) in [5.74, 6) is 0.989. The van der Waals surface area contributed by atoms with Crippen LogP contribution in [0.4, 0.5) is 0 Å². The summed E-state index contributed by atoms with van der Waals surface area (Å²) in [4.78, 5) is 44.3. The highest BCUT2D eigenvalue weighted by atomic mass is 35.5. The number of Topliss-reactive ketones (excluding diaryl/α,β-unsaturated/α-hetero) is 1. The first kappa shape index (κ1) is 29.3. The van der Waals surface area contributed by atoms with Gasteiger partial charge in [0.25, 0.3) is 5.56 Å². The molecule has 2 aromatic carbocycles. The Bertz CT molecular complexity index is 1880. The van der Waals surface area contributed by atoms with Gasteiger partial charge in [-0.15, -0.1) is 0 Å². The van der Waals surface area contributed by atoms with Crippen LogP contribution in [-0.2, 0) is 9.53 Å². The lowest BCUT2D eigenvalue weighted by Crippen LogP contribution is -2.40. The van der Waals surface area contributed by atoms with Gasteiger partial charge in [-0.1, -0.05) is 60.5 Å². The maximum absolute atomic E-state index is 14.0. The SMILES string of the molecule is CCCC1=C(C(=O)OCC)[C@@H](c2cc(Cl)ccc2OC)n2c(s/c(=C/c3ccc(-c4ccc(C(C)=O)cc4)o3)c2=O)=N1. The molecule has 0 radical (unpaired) electrons. The minimum Gasteiger partial charge on any atom is -0.496 e. The number of thiazole rings is 1. The fraction of sp³-hybridized carbons (Fsp3) is 0.250. The number of ether oxygens (including phenoxy) is 2. The van der Waals surface area contributed by atoms with Gasteiger partial charge in [0.15, 0.2) is 10.6 Å². The molecule has 0 spiro atoms. The molecule has 0 aliphatic carbocycles.